The molecule has 0 aromatic heterocycles. The second-order valence-electron chi connectivity index (χ2n) is 3.39. The van der Waals surface area contributed by atoms with Gasteiger partial charge in [0.15, 0.2) is 0 Å². The fourth-order valence-corrected chi connectivity index (χ4v) is 1.15. The molecule has 0 unspecified atom stereocenters. The first kappa shape index (κ1) is 11.4. The number of aryl methyl sites for hydroxylation is 1. The molecule has 0 saturated heterocycles. The van der Waals surface area contributed by atoms with Crippen LogP contribution in [0.1, 0.15) is 18.9 Å². The molecule has 0 radical (unpaired) electrons. The van der Waals surface area contributed by atoms with Gasteiger partial charge in [-0.15, -0.1) is 0 Å². The van der Waals surface area contributed by atoms with Gasteiger partial charge in [0.2, 0.25) is 5.91 Å². The molecule has 0 heterocycles. The highest BCUT2D eigenvalue weighted by Crippen LogP contribution is 2.13. The SMILES string of the molecule is CC(=O)CC(=O)Nc1ccc(F)c(C)c1. The number of ketones is 1. The quantitative estimate of drug-likeness (QED) is 0.774. The van der Waals surface area contributed by atoms with Gasteiger partial charge in [0.25, 0.3) is 0 Å². The third kappa shape index (κ3) is 3.50. The zero-order chi connectivity index (χ0) is 11.4. The van der Waals surface area contributed by atoms with Crippen LogP contribution in [0.25, 0.3) is 0 Å². The van der Waals surface area contributed by atoms with Crippen molar-refractivity contribution in [3.05, 3.63) is 29.6 Å². The summed E-state index contributed by atoms with van der Waals surface area (Å²) in [6, 6.07) is 4.26. The maximum atomic E-state index is 12.9. The van der Waals surface area contributed by atoms with Gasteiger partial charge in [0.05, 0.1) is 6.42 Å². The summed E-state index contributed by atoms with van der Waals surface area (Å²) in [5.74, 6) is -0.903. The molecule has 0 aliphatic rings. The molecule has 0 fully saturated rings. The van der Waals surface area contributed by atoms with Crippen LogP contribution in [0.4, 0.5) is 10.1 Å². The van der Waals surface area contributed by atoms with Gasteiger partial charge >= 0.3 is 0 Å². The second-order valence-corrected chi connectivity index (χ2v) is 3.39. The maximum absolute atomic E-state index is 12.9. The Hall–Kier alpha value is -1.71. The number of nitrogens with one attached hydrogen (secondary N) is 1. The summed E-state index contributed by atoms with van der Waals surface area (Å²) in [6.07, 6.45) is -0.156. The van der Waals surface area contributed by atoms with Crippen LogP contribution in [-0.2, 0) is 9.59 Å². The summed E-state index contributed by atoms with van der Waals surface area (Å²) in [6.45, 7) is 2.95. The zero-order valence-electron chi connectivity index (χ0n) is 8.63. The van der Waals surface area contributed by atoms with Gasteiger partial charge in [-0.25, -0.2) is 4.39 Å². The minimum absolute atomic E-state index is 0.156. The lowest BCUT2D eigenvalue weighted by Crippen LogP contribution is -2.14. The third-order valence-electron chi connectivity index (χ3n) is 1.85. The molecule has 4 heteroatoms. The van der Waals surface area contributed by atoms with Crippen LogP contribution in [0.2, 0.25) is 0 Å². The fourth-order valence-electron chi connectivity index (χ4n) is 1.15. The Morgan fingerprint density at radius 3 is 2.60 bits per heavy atom. The standard InChI is InChI=1S/C11H12FNO2/c1-7-5-9(3-4-10(7)12)13-11(15)6-8(2)14/h3-5H,6H2,1-2H3,(H,13,15). The number of carbonyl (C=O) groups excluding carboxylic acids is 2. The monoisotopic (exact) mass is 209 g/mol. The first-order valence-corrected chi connectivity index (χ1v) is 4.54. The summed E-state index contributed by atoms with van der Waals surface area (Å²) in [5, 5.41) is 2.51. The van der Waals surface area contributed by atoms with E-state index in [0.717, 1.165) is 0 Å². The average Bonchev–Trinajstić information content (AvgIpc) is 2.10. The van der Waals surface area contributed by atoms with E-state index in [1.165, 1.54) is 25.1 Å². The number of amides is 1. The minimum atomic E-state index is -0.381. The molecule has 0 aliphatic carbocycles. The van der Waals surface area contributed by atoms with Crippen molar-refractivity contribution in [3.63, 3.8) is 0 Å². The van der Waals surface area contributed by atoms with Crippen molar-refractivity contribution in [1.82, 2.24) is 0 Å². The molecule has 0 spiro atoms. The lowest BCUT2D eigenvalue weighted by atomic mass is 10.2. The first-order valence-electron chi connectivity index (χ1n) is 4.54. The molecule has 1 aromatic carbocycles. The molecule has 80 valence electrons. The van der Waals surface area contributed by atoms with Gasteiger partial charge < -0.3 is 5.32 Å². The van der Waals surface area contributed by atoms with Crippen molar-refractivity contribution >= 4 is 17.4 Å². The van der Waals surface area contributed by atoms with E-state index in [2.05, 4.69) is 5.32 Å². The van der Waals surface area contributed by atoms with Crippen molar-refractivity contribution in [2.75, 3.05) is 5.32 Å². The van der Waals surface area contributed by atoms with Crippen molar-refractivity contribution in [2.45, 2.75) is 20.3 Å². The molecule has 0 atom stereocenters. The van der Waals surface area contributed by atoms with Crippen molar-refractivity contribution in [2.24, 2.45) is 0 Å². The van der Waals surface area contributed by atoms with Crippen molar-refractivity contribution in [1.29, 1.82) is 0 Å². The predicted molar refractivity (Wildman–Crippen MR) is 55.1 cm³/mol. The van der Waals surface area contributed by atoms with E-state index in [-0.39, 0.29) is 23.9 Å². The summed E-state index contributed by atoms with van der Waals surface area (Å²) >= 11 is 0. The van der Waals surface area contributed by atoms with E-state index in [1.807, 2.05) is 0 Å². The summed E-state index contributed by atoms with van der Waals surface area (Å²) < 4.78 is 12.9. The molecule has 3 nitrogen and oxygen atoms in total. The Bertz CT molecular complexity index is 402. The number of rotatable bonds is 3. The Morgan fingerprint density at radius 2 is 2.07 bits per heavy atom. The number of Topliss-reactive ketones (excluding diaryl/α,β-unsaturated/α-hetero) is 1. The highest BCUT2D eigenvalue weighted by Gasteiger charge is 2.06. The van der Waals surface area contributed by atoms with Gasteiger partial charge in [0, 0.05) is 5.69 Å². The zero-order valence-corrected chi connectivity index (χ0v) is 8.63. The summed E-state index contributed by atoms with van der Waals surface area (Å²) in [5.41, 5.74) is 0.954. The molecular formula is C11H12FNO2. The molecule has 1 aromatic rings. The van der Waals surface area contributed by atoms with Crippen LogP contribution >= 0.6 is 0 Å². The van der Waals surface area contributed by atoms with Gasteiger partial charge in [0.1, 0.15) is 11.6 Å². The lowest BCUT2D eigenvalue weighted by Gasteiger charge is -2.05. The molecule has 1 rings (SSSR count). The number of benzene rings is 1. The van der Waals surface area contributed by atoms with Crippen molar-refractivity contribution in [3.8, 4) is 0 Å². The normalized spacial score (nSPS) is 9.80. The number of carbonyl (C=O) groups is 2. The van der Waals surface area contributed by atoms with Crippen LogP contribution in [0.15, 0.2) is 18.2 Å². The minimum Gasteiger partial charge on any atom is -0.326 e. The molecule has 0 bridgehead atoms. The lowest BCUT2D eigenvalue weighted by molar-refractivity contribution is -0.124. The van der Waals surface area contributed by atoms with Crippen LogP contribution in [0, 0.1) is 12.7 Å². The molecule has 0 aliphatic heterocycles. The topological polar surface area (TPSA) is 46.2 Å². The van der Waals surface area contributed by atoms with Crippen LogP contribution in [0.5, 0.6) is 0 Å². The average molecular weight is 209 g/mol. The number of hydrogen-bond donors (Lipinski definition) is 1. The second kappa shape index (κ2) is 4.68. The first-order chi connectivity index (χ1) is 6.99. The Labute approximate surface area is 87.3 Å². The largest absolute Gasteiger partial charge is 0.326 e. The van der Waals surface area contributed by atoms with E-state index in [9.17, 15) is 14.0 Å². The molecular weight excluding hydrogens is 197 g/mol. The molecule has 1 amide bonds. The Morgan fingerprint density at radius 1 is 1.40 bits per heavy atom. The molecule has 1 N–H and O–H groups in total. The Balaban J connectivity index is 2.69. The van der Waals surface area contributed by atoms with Gasteiger partial charge in [-0.1, -0.05) is 0 Å². The van der Waals surface area contributed by atoms with Gasteiger partial charge in [-0.05, 0) is 37.6 Å². The van der Waals surface area contributed by atoms with E-state index in [1.54, 1.807) is 6.92 Å². The highest BCUT2D eigenvalue weighted by molar-refractivity contribution is 6.03. The Kier molecular flexibility index (Phi) is 3.55. The summed E-state index contributed by atoms with van der Waals surface area (Å²) in [7, 11) is 0. The predicted octanol–water partition coefficient (Wildman–Crippen LogP) is 2.05. The molecule has 0 saturated carbocycles. The van der Waals surface area contributed by atoms with E-state index in [4.69, 9.17) is 0 Å². The van der Waals surface area contributed by atoms with Crippen molar-refractivity contribution < 1.29 is 14.0 Å². The number of hydrogen-bond acceptors (Lipinski definition) is 2. The van der Waals surface area contributed by atoms with Crippen LogP contribution in [-0.4, -0.2) is 11.7 Å². The number of halogens is 1. The summed E-state index contributed by atoms with van der Waals surface area (Å²) in [4.78, 5) is 21.8. The third-order valence-corrected chi connectivity index (χ3v) is 1.85. The highest BCUT2D eigenvalue weighted by atomic mass is 19.1. The van der Waals surface area contributed by atoms with E-state index in [0.29, 0.717) is 11.3 Å². The molecule has 15 heavy (non-hydrogen) atoms. The van der Waals surface area contributed by atoms with Gasteiger partial charge in [-0.2, -0.15) is 0 Å². The maximum Gasteiger partial charge on any atom is 0.231 e. The number of anilines is 1. The van der Waals surface area contributed by atoms with E-state index < -0.39 is 0 Å². The van der Waals surface area contributed by atoms with Gasteiger partial charge in [-0.3, -0.25) is 9.59 Å². The van der Waals surface area contributed by atoms with Crippen LogP contribution in [0.3, 0.4) is 0 Å². The van der Waals surface area contributed by atoms with Crippen LogP contribution < -0.4 is 5.32 Å². The smallest absolute Gasteiger partial charge is 0.231 e. The van der Waals surface area contributed by atoms with E-state index >= 15 is 0 Å². The fraction of sp³-hybridized carbons (Fsp3) is 0.273.